The summed E-state index contributed by atoms with van der Waals surface area (Å²) in [6.07, 6.45) is 88.1. The summed E-state index contributed by atoms with van der Waals surface area (Å²) < 4.78 is 34.3. The van der Waals surface area contributed by atoms with Crippen LogP contribution in [0.15, 0.2) is 85.1 Å². The minimum atomic E-state index is -4.64. The molecule has 0 aliphatic heterocycles. The maximum atomic E-state index is 12.9. The van der Waals surface area contributed by atoms with Gasteiger partial charge in [0, 0.05) is 12.8 Å². The summed E-state index contributed by atoms with van der Waals surface area (Å²) >= 11 is 0. The van der Waals surface area contributed by atoms with Crippen molar-refractivity contribution in [2.24, 2.45) is 0 Å². The van der Waals surface area contributed by atoms with Crippen molar-refractivity contribution in [1.29, 1.82) is 0 Å². The molecule has 0 heterocycles. The maximum Gasteiger partial charge on any atom is 0.306 e. The van der Waals surface area contributed by atoms with E-state index in [2.05, 4.69) is 98.9 Å². The molecule has 84 heavy (non-hydrogen) atoms. The Balaban J connectivity index is 4.02. The van der Waals surface area contributed by atoms with E-state index in [0.717, 1.165) is 77.0 Å². The smallest absolute Gasteiger partial charge is 0.306 e. The number of hydrogen-bond donors (Lipinski definition) is 0. The largest absolute Gasteiger partial charge is 0.756 e. The van der Waals surface area contributed by atoms with Gasteiger partial charge in [-0.15, -0.1) is 0 Å². The van der Waals surface area contributed by atoms with E-state index < -0.39 is 26.5 Å². The van der Waals surface area contributed by atoms with E-state index >= 15 is 0 Å². The molecule has 9 nitrogen and oxygen atoms in total. The van der Waals surface area contributed by atoms with Crippen LogP contribution < -0.4 is 4.89 Å². The first-order chi connectivity index (χ1) is 41.0. The lowest BCUT2D eigenvalue weighted by molar-refractivity contribution is -0.870. The van der Waals surface area contributed by atoms with E-state index in [1.54, 1.807) is 0 Å². The number of ether oxygens (including phenoxy) is 2. The molecule has 10 heteroatoms. The van der Waals surface area contributed by atoms with Gasteiger partial charge in [0.15, 0.2) is 6.10 Å². The summed E-state index contributed by atoms with van der Waals surface area (Å²) in [7, 11) is 1.17. The molecule has 0 bridgehead atoms. The van der Waals surface area contributed by atoms with E-state index in [0.29, 0.717) is 17.4 Å². The van der Waals surface area contributed by atoms with E-state index in [-0.39, 0.29) is 32.0 Å². The summed E-state index contributed by atoms with van der Waals surface area (Å²) in [5.41, 5.74) is 0. The number of likely N-dealkylation sites (N-methyl/N-ethyl adjacent to an activating group) is 1. The summed E-state index contributed by atoms with van der Waals surface area (Å²) in [5.74, 6) is -0.824. The van der Waals surface area contributed by atoms with Gasteiger partial charge in [-0.3, -0.25) is 14.2 Å². The van der Waals surface area contributed by atoms with Crippen LogP contribution in [0.2, 0.25) is 0 Å². The molecule has 488 valence electrons. The van der Waals surface area contributed by atoms with Gasteiger partial charge in [0.05, 0.1) is 27.7 Å². The number of carbonyl (C=O) groups is 2. The molecule has 0 aromatic heterocycles. The van der Waals surface area contributed by atoms with E-state index in [4.69, 9.17) is 18.5 Å². The Morgan fingerprint density at radius 2 is 0.679 bits per heavy atom. The van der Waals surface area contributed by atoms with Crippen molar-refractivity contribution in [3.63, 3.8) is 0 Å². The Kier molecular flexibility index (Phi) is 62.5. The highest BCUT2D eigenvalue weighted by atomic mass is 31.2. The van der Waals surface area contributed by atoms with Crippen molar-refractivity contribution in [2.45, 2.75) is 328 Å². The first kappa shape index (κ1) is 81.2. The van der Waals surface area contributed by atoms with Crippen molar-refractivity contribution in [2.75, 3.05) is 47.5 Å². The summed E-state index contributed by atoms with van der Waals surface area (Å²) in [4.78, 5) is 38.1. The average molecular weight is 1200 g/mol. The van der Waals surface area contributed by atoms with Gasteiger partial charge in [0.2, 0.25) is 0 Å². The van der Waals surface area contributed by atoms with Crippen LogP contribution in [-0.2, 0) is 32.7 Å². The second-order valence-electron chi connectivity index (χ2n) is 24.9. The molecule has 0 spiro atoms. The highest BCUT2D eigenvalue weighted by Crippen LogP contribution is 2.38. The van der Waals surface area contributed by atoms with Gasteiger partial charge in [-0.05, 0) is 89.9 Å². The molecule has 0 N–H and O–H groups in total. The third-order valence-electron chi connectivity index (χ3n) is 15.4. The van der Waals surface area contributed by atoms with Crippen LogP contribution in [0.3, 0.4) is 0 Å². The van der Waals surface area contributed by atoms with Gasteiger partial charge >= 0.3 is 11.9 Å². The topological polar surface area (TPSA) is 111 Å². The molecule has 0 aliphatic rings. The number of allylic oxidation sites excluding steroid dienone is 14. The Morgan fingerprint density at radius 3 is 1.01 bits per heavy atom. The third kappa shape index (κ3) is 68.3. The molecule has 0 aromatic carbocycles. The SMILES string of the molecule is CC/C=C\C/C=C\C/C=C\C/C=C\CCCCCCCCCCCCCCCCCCCCCCC(=O)OC(COC(=O)CCCCCCCCCCCCCC/C=C\C/C=C\C/C=C\CCCCCCC)COP(=O)([O-])OCC[N+](C)(C)C. The van der Waals surface area contributed by atoms with Gasteiger partial charge in [-0.2, -0.15) is 0 Å². The molecule has 0 radical (unpaired) electrons. The fourth-order valence-electron chi connectivity index (χ4n) is 10.0. The zero-order valence-corrected chi connectivity index (χ0v) is 56.5. The standard InChI is InChI=1S/C74H134NO8P/c1-6-8-10-12-14-16-18-20-22-24-26-28-30-32-34-35-36-37-38-39-41-43-45-47-49-51-53-55-57-59-61-63-65-67-74(77)83-72(71-82-84(78,79)81-69-68-75(3,4)5)70-80-73(76)66-64-62-60-58-56-54-52-50-48-46-44-42-40-33-31-29-27-25-23-21-19-17-15-13-11-9-7-2/h8,10,14,16,19-22,25-28,31,33,72H,6-7,9,11-13,15,17-18,23-24,29-30,32,34-71H2,1-5H3/b10-8-,16-14-,21-19-,22-20-,27-25-,28-26-,33-31-. The number of quaternary nitrogens is 1. The van der Waals surface area contributed by atoms with Crippen molar-refractivity contribution < 1.29 is 42.1 Å². The summed E-state index contributed by atoms with van der Waals surface area (Å²) in [6, 6.07) is 0. The Hall–Kier alpha value is -2.81. The molecule has 0 amide bonds. The number of carbonyl (C=O) groups excluding carboxylic acids is 2. The summed E-state index contributed by atoms with van der Waals surface area (Å²) in [6.45, 7) is 4.15. The minimum Gasteiger partial charge on any atom is -0.756 e. The lowest BCUT2D eigenvalue weighted by Crippen LogP contribution is -2.37. The van der Waals surface area contributed by atoms with Crippen molar-refractivity contribution in [3.05, 3.63) is 85.1 Å². The first-order valence-electron chi connectivity index (χ1n) is 35.3. The molecule has 0 fully saturated rings. The number of nitrogens with zero attached hydrogens (tertiary/aromatic N) is 1. The van der Waals surface area contributed by atoms with Gasteiger partial charge < -0.3 is 27.9 Å². The van der Waals surface area contributed by atoms with Crippen LogP contribution in [0, 0.1) is 0 Å². The van der Waals surface area contributed by atoms with Gasteiger partial charge in [0.25, 0.3) is 7.82 Å². The van der Waals surface area contributed by atoms with E-state index in [9.17, 15) is 19.0 Å². The zero-order valence-electron chi connectivity index (χ0n) is 55.6. The number of hydrogen-bond acceptors (Lipinski definition) is 8. The van der Waals surface area contributed by atoms with Gasteiger partial charge in [0.1, 0.15) is 19.8 Å². The van der Waals surface area contributed by atoms with E-state index in [1.165, 1.54) is 212 Å². The number of rotatable bonds is 65. The number of phosphoric acid groups is 1. The van der Waals surface area contributed by atoms with Gasteiger partial charge in [-0.25, -0.2) is 0 Å². The Morgan fingerprint density at radius 1 is 0.381 bits per heavy atom. The second-order valence-corrected chi connectivity index (χ2v) is 26.3. The molecule has 0 aliphatic carbocycles. The molecular weight excluding hydrogens is 1060 g/mol. The Labute approximate surface area is 520 Å². The van der Waals surface area contributed by atoms with Crippen LogP contribution >= 0.6 is 7.82 Å². The molecule has 0 saturated carbocycles. The number of phosphoric ester groups is 1. The van der Waals surface area contributed by atoms with Crippen molar-refractivity contribution in [1.82, 2.24) is 0 Å². The average Bonchev–Trinajstić information content (AvgIpc) is 3.61. The van der Waals surface area contributed by atoms with E-state index in [1.807, 2.05) is 21.1 Å². The van der Waals surface area contributed by atoms with Crippen LogP contribution in [0.5, 0.6) is 0 Å². The normalized spacial score (nSPS) is 13.6. The third-order valence-corrected chi connectivity index (χ3v) is 16.4. The minimum absolute atomic E-state index is 0.0319. The second kappa shape index (κ2) is 64.7. The van der Waals surface area contributed by atoms with Crippen molar-refractivity contribution in [3.8, 4) is 0 Å². The summed E-state index contributed by atoms with van der Waals surface area (Å²) in [5, 5.41) is 0. The Bertz CT molecular complexity index is 1690. The molecule has 2 atom stereocenters. The van der Waals surface area contributed by atoms with Crippen LogP contribution in [-0.4, -0.2) is 70.0 Å². The van der Waals surface area contributed by atoms with Crippen LogP contribution in [0.1, 0.15) is 322 Å². The molecule has 0 saturated heterocycles. The monoisotopic (exact) mass is 1200 g/mol. The number of esters is 2. The highest BCUT2D eigenvalue weighted by Gasteiger charge is 2.22. The van der Waals surface area contributed by atoms with Crippen LogP contribution in [0.4, 0.5) is 0 Å². The lowest BCUT2D eigenvalue weighted by Gasteiger charge is -2.28. The van der Waals surface area contributed by atoms with Crippen LogP contribution in [0.25, 0.3) is 0 Å². The van der Waals surface area contributed by atoms with Gasteiger partial charge in [-0.1, -0.05) is 304 Å². The lowest BCUT2D eigenvalue weighted by atomic mass is 10.0. The van der Waals surface area contributed by atoms with Crippen molar-refractivity contribution >= 4 is 19.8 Å². The molecular formula is C74H134NO8P. The fourth-order valence-corrected chi connectivity index (χ4v) is 10.7. The fraction of sp³-hybridized carbons (Fsp3) is 0.784. The first-order valence-corrected chi connectivity index (χ1v) is 36.8. The molecule has 0 rings (SSSR count). The predicted octanol–water partition coefficient (Wildman–Crippen LogP) is 22.3. The molecule has 0 aromatic rings. The predicted molar refractivity (Wildman–Crippen MR) is 360 cm³/mol. The maximum absolute atomic E-state index is 12.9. The zero-order chi connectivity index (χ0) is 61.2. The highest BCUT2D eigenvalue weighted by molar-refractivity contribution is 7.45. The quantitative estimate of drug-likeness (QED) is 0.0195. The molecule has 2 unspecified atom stereocenters. The number of unbranched alkanes of at least 4 members (excludes halogenated alkanes) is 37.